The van der Waals surface area contributed by atoms with Crippen molar-refractivity contribution in [3.8, 4) is 22.6 Å². The molecule has 0 fully saturated rings. The summed E-state index contributed by atoms with van der Waals surface area (Å²) in [5, 5.41) is 2.75. The lowest BCUT2D eigenvalue weighted by molar-refractivity contribution is 0.102. The smallest absolute Gasteiger partial charge is 0.273 e. The van der Waals surface area contributed by atoms with Crippen LogP contribution in [0.25, 0.3) is 11.1 Å². The highest BCUT2D eigenvalue weighted by Crippen LogP contribution is 2.32. The largest absolute Gasteiger partial charge is 0.457 e. The van der Waals surface area contributed by atoms with Gasteiger partial charge in [0.25, 0.3) is 5.91 Å². The fourth-order valence-electron chi connectivity index (χ4n) is 2.95. The van der Waals surface area contributed by atoms with Crippen LogP contribution < -0.4 is 10.1 Å². The van der Waals surface area contributed by atoms with Gasteiger partial charge in [-0.1, -0.05) is 0 Å². The molecule has 162 valence electrons. The number of amides is 1. The predicted octanol–water partition coefficient (Wildman–Crippen LogP) is 4.06. The highest BCUT2D eigenvalue weighted by Gasteiger charge is 2.12. The molecule has 0 spiro atoms. The van der Waals surface area contributed by atoms with Gasteiger partial charge in [-0.15, -0.1) is 0 Å². The van der Waals surface area contributed by atoms with Crippen molar-refractivity contribution in [2.75, 3.05) is 11.6 Å². The first-order valence-corrected chi connectivity index (χ1v) is 11.2. The highest BCUT2D eigenvalue weighted by atomic mass is 32.2. The zero-order chi connectivity index (χ0) is 22.7. The molecule has 32 heavy (non-hydrogen) atoms. The summed E-state index contributed by atoms with van der Waals surface area (Å²) in [6.07, 6.45) is 5.23. The lowest BCUT2D eigenvalue weighted by Gasteiger charge is -2.12. The minimum Gasteiger partial charge on any atom is -0.457 e. The van der Waals surface area contributed by atoms with Gasteiger partial charge in [-0.05, 0) is 53.6 Å². The molecule has 8 nitrogen and oxygen atoms in total. The zero-order valence-corrected chi connectivity index (χ0v) is 17.6. The molecule has 0 atom stereocenters. The van der Waals surface area contributed by atoms with Crippen molar-refractivity contribution >= 4 is 21.4 Å². The molecule has 4 aromatic rings. The summed E-state index contributed by atoms with van der Waals surface area (Å²) in [5.74, 6) is -0.315. The van der Waals surface area contributed by atoms with Gasteiger partial charge in [0.15, 0.2) is 9.84 Å². The molecule has 2 heterocycles. The molecule has 0 aliphatic rings. The Kier molecular flexibility index (Phi) is 5.69. The maximum Gasteiger partial charge on any atom is 0.273 e. The van der Waals surface area contributed by atoms with Crippen LogP contribution in [0.2, 0.25) is 0 Å². The van der Waals surface area contributed by atoms with Crippen LogP contribution in [0.15, 0.2) is 78.2 Å². The van der Waals surface area contributed by atoms with Crippen molar-refractivity contribution in [3.05, 3.63) is 85.0 Å². The first kappa shape index (κ1) is 21.2. The van der Waals surface area contributed by atoms with Gasteiger partial charge in [0.05, 0.1) is 17.4 Å². The summed E-state index contributed by atoms with van der Waals surface area (Å²) >= 11 is 0. The maximum absolute atomic E-state index is 13.7. The van der Waals surface area contributed by atoms with Crippen molar-refractivity contribution in [2.24, 2.45) is 0 Å². The Hall–Kier alpha value is -4.05. The third kappa shape index (κ3) is 4.98. The maximum atomic E-state index is 13.7. The summed E-state index contributed by atoms with van der Waals surface area (Å²) in [6.45, 7) is 0. The summed E-state index contributed by atoms with van der Waals surface area (Å²) < 4.78 is 42.8. The number of aromatic amines is 1. The molecule has 0 aliphatic carbocycles. The predicted molar refractivity (Wildman–Crippen MR) is 116 cm³/mol. The molecule has 0 unspecified atom stereocenters. The van der Waals surface area contributed by atoms with Gasteiger partial charge in [-0.25, -0.2) is 18.4 Å². The second kappa shape index (κ2) is 8.60. The average Bonchev–Trinajstić information content (AvgIpc) is 3.28. The molecule has 0 bridgehead atoms. The third-order valence-electron chi connectivity index (χ3n) is 4.45. The first-order valence-electron chi connectivity index (χ1n) is 9.33. The lowest BCUT2D eigenvalue weighted by atomic mass is 10.1. The average molecular weight is 452 g/mol. The van der Waals surface area contributed by atoms with E-state index >= 15 is 0 Å². The number of carbonyl (C=O) groups is 1. The fraction of sp³-hybridized carbons (Fsp3) is 0.0455. The molecule has 1 amide bonds. The topological polar surface area (TPSA) is 114 Å². The number of ether oxygens (including phenoxy) is 1. The van der Waals surface area contributed by atoms with E-state index in [1.807, 2.05) is 0 Å². The number of imidazole rings is 1. The van der Waals surface area contributed by atoms with Crippen molar-refractivity contribution in [1.82, 2.24) is 15.0 Å². The Morgan fingerprint density at radius 2 is 1.81 bits per heavy atom. The number of H-pyrrole nitrogens is 1. The normalized spacial score (nSPS) is 11.2. The molecule has 0 saturated heterocycles. The molecule has 0 aliphatic heterocycles. The van der Waals surface area contributed by atoms with Gasteiger partial charge in [-0.3, -0.25) is 4.79 Å². The van der Waals surface area contributed by atoms with E-state index in [0.29, 0.717) is 28.3 Å². The van der Waals surface area contributed by atoms with Crippen molar-refractivity contribution < 1.29 is 22.3 Å². The van der Waals surface area contributed by atoms with Crippen molar-refractivity contribution in [2.45, 2.75) is 4.90 Å². The number of rotatable bonds is 6. The third-order valence-corrected chi connectivity index (χ3v) is 5.58. The minimum absolute atomic E-state index is 0.165. The van der Waals surface area contributed by atoms with E-state index in [2.05, 4.69) is 20.3 Å². The molecule has 0 radical (unpaired) electrons. The van der Waals surface area contributed by atoms with E-state index < -0.39 is 21.7 Å². The molecule has 2 aromatic heterocycles. The van der Waals surface area contributed by atoms with Gasteiger partial charge in [0.1, 0.15) is 17.2 Å². The van der Waals surface area contributed by atoms with E-state index in [9.17, 15) is 17.6 Å². The number of pyridine rings is 1. The van der Waals surface area contributed by atoms with E-state index in [1.165, 1.54) is 49.1 Å². The number of nitrogens with one attached hydrogen (secondary N) is 2. The van der Waals surface area contributed by atoms with Crippen LogP contribution in [-0.2, 0) is 9.84 Å². The van der Waals surface area contributed by atoms with Gasteiger partial charge in [0.2, 0.25) is 5.95 Å². The second-order valence-corrected chi connectivity index (χ2v) is 8.89. The number of sulfone groups is 1. The first-order chi connectivity index (χ1) is 15.3. The zero-order valence-electron chi connectivity index (χ0n) is 16.7. The van der Waals surface area contributed by atoms with E-state index in [0.717, 1.165) is 6.26 Å². The van der Waals surface area contributed by atoms with Gasteiger partial charge in [-0.2, -0.15) is 4.39 Å². The highest BCUT2D eigenvalue weighted by molar-refractivity contribution is 7.90. The van der Waals surface area contributed by atoms with E-state index in [4.69, 9.17) is 4.74 Å². The van der Waals surface area contributed by atoms with E-state index in [-0.39, 0.29) is 10.6 Å². The Morgan fingerprint density at radius 3 is 2.47 bits per heavy atom. The molecular weight excluding hydrogens is 435 g/mol. The summed E-state index contributed by atoms with van der Waals surface area (Å²) in [4.78, 5) is 22.7. The van der Waals surface area contributed by atoms with Crippen LogP contribution in [0.3, 0.4) is 0 Å². The fourth-order valence-corrected chi connectivity index (χ4v) is 3.58. The number of halogens is 1. The number of hydrogen-bond acceptors (Lipinski definition) is 6. The Balaban J connectivity index is 1.68. The lowest BCUT2D eigenvalue weighted by Crippen LogP contribution is -2.12. The quantitative estimate of drug-likeness (QED) is 0.427. The van der Waals surface area contributed by atoms with Crippen LogP contribution in [0.1, 0.15) is 10.5 Å². The molecular formula is C22H17FN4O4S. The monoisotopic (exact) mass is 452 g/mol. The Morgan fingerprint density at radius 1 is 1.03 bits per heavy atom. The van der Waals surface area contributed by atoms with Crippen molar-refractivity contribution in [1.29, 1.82) is 0 Å². The van der Waals surface area contributed by atoms with Gasteiger partial charge in [0, 0.05) is 30.3 Å². The van der Waals surface area contributed by atoms with Crippen LogP contribution in [0.5, 0.6) is 11.5 Å². The number of carbonyl (C=O) groups excluding carboxylic acids is 1. The molecule has 4 rings (SSSR count). The van der Waals surface area contributed by atoms with Crippen LogP contribution in [0, 0.1) is 5.95 Å². The minimum atomic E-state index is -3.33. The summed E-state index contributed by atoms with van der Waals surface area (Å²) in [5.41, 5.74) is 1.79. The van der Waals surface area contributed by atoms with E-state index in [1.54, 1.807) is 24.3 Å². The standard InChI is InChI=1S/C22H17FN4O4S/c1-32(29,30)19-4-2-17(3-5-19)31-18-9-15(14-6-7-25-21(23)10-14)8-16(11-18)27-22(28)20-12-24-13-26-20/h2-13H,1H3,(H,24,26)(H,27,28). The van der Waals surface area contributed by atoms with Gasteiger partial charge < -0.3 is 15.0 Å². The number of nitrogens with zero attached hydrogens (tertiary/aromatic N) is 2. The van der Waals surface area contributed by atoms with Crippen molar-refractivity contribution in [3.63, 3.8) is 0 Å². The molecule has 2 aromatic carbocycles. The molecule has 0 saturated carbocycles. The second-order valence-electron chi connectivity index (χ2n) is 6.88. The van der Waals surface area contributed by atoms with Crippen LogP contribution in [-0.4, -0.2) is 35.5 Å². The van der Waals surface area contributed by atoms with Crippen LogP contribution in [0.4, 0.5) is 10.1 Å². The summed E-state index contributed by atoms with van der Waals surface area (Å²) in [7, 11) is -3.33. The number of aromatic nitrogens is 3. The van der Waals surface area contributed by atoms with Crippen LogP contribution >= 0.6 is 0 Å². The number of hydrogen-bond donors (Lipinski definition) is 2. The number of anilines is 1. The SMILES string of the molecule is CS(=O)(=O)c1ccc(Oc2cc(NC(=O)c3cnc[nH]3)cc(-c3ccnc(F)c3)c2)cc1. The Bertz CT molecular complexity index is 1370. The summed E-state index contributed by atoms with van der Waals surface area (Å²) in [6, 6.07) is 13.8. The number of benzene rings is 2. The van der Waals surface area contributed by atoms with Gasteiger partial charge >= 0.3 is 0 Å². The Labute approximate surface area is 183 Å². The molecule has 10 heteroatoms. The molecule has 2 N–H and O–H groups in total.